The number of rotatable bonds is 9. The van der Waals surface area contributed by atoms with E-state index in [2.05, 4.69) is 5.32 Å². The van der Waals surface area contributed by atoms with Crippen LogP contribution in [0.15, 0.2) is 41.3 Å². The molecule has 12 heteroatoms. The number of ether oxygens (including phenoxy) is 2. The molecule has 1 fully saturated rings. The van der Waals surface area contributed by atoms with Crippen LogP contribution in [-0.4, -0.2) is 34.6 Å². The SMILES string of the molecule is CCOC(=O)c1cn(CC)c2c(F)c(NC(=O)C3CCC(COc4ccc([N+](=O)[O-])cc4)CC3)c(F)cc2c1=O. The summed E-state index contributed by atoms with van der Waals surface area (Å²) in [6.45, 7) is 3.83. The molecule has 1 aliphatic rings. The van der Waals surface area contributed by atoms with E-state index in [1.807, 2.05) is 0 Å². The number of hydrogen-bond donors (Lipinski definition) is 1. The Morgan fingerprint density at radius 3 is 2.40 bits per heavy atom. The Bertz CT molecular complexity index is 1500. The van der Waals surface area contributed by atoms with Crippen molar-refractivity contribution in [1.82, 2.24) is 4.57 Å². The lowest BCUT2D eigenvalue weighted by atomic mass is 9.82. The molecule has 1 aliphatic carbocycles. The summed E-state index contributed by atoms with van der Waals surface area (Å²) in [4.78, 5) is 48.3. The lowest BCUT2D eigenvalue weighted by Crippen LogP contribution is -2.29. The molecule has 2 aromatic carbocycles. The summed E-state index contributed by atoms with van der Waals surface area (Å²) in [5, 5.41) is 12.8. The van der Waals surface area contributed by atoms with E-state index in [0.717, 1.165) is 6.07 Å². The van der Waals surface area contributed by atoms with Gasteiger partial charge in [-0.15, -0.1) is 0 Å². The zero-order valence-corrected chi connectivity index (χ0v) is 22.1. The van der Waals surface area contributed by atoms with Gasteiger partial charge in [-0.25, -0.2) is 13.6 Å². The van der Waals surface area contributed by atoms with Gasteiger partial charge in [-0.2, -0.15) is 0 Å². The first-order valence-electron chi connectivity index (χ1n) is 13.0. The van der Waals surface area contributed by atoms with Gasteiger partial charge >= 0.3 is 5.97 Å². The van der Waals surface area contributed by atoms with Crippen LogP contribution in [0.4, 0.5) is 20.2 Å². The molecule has 1 amide bonds. The van der Waals surface area contributed by atoms with Crippen molar-refractivity contribution in [2.75, 3.05) is 18.5 Å². The summed E-state index contributed by atoms with van der Waals surface area (Å²) < 4.78 is 42.5. The van der Waals surface area contributed by atoms with Crippen molar-refractivity contribution in [3.05, 3.63) is 74.1 Å². The first kappa shape index (κ1) is 28.7. The second kappa shape index (κ2) is 12.2. The summed E-state index contributed by atoms with van der Waals surface area (Å²) in [5.41, 5.74) is -2.09. The molecule has 1 N–H and O–H groups in total. The van der Waals surface area contributed by atoms with E-state index in [1.54, 1.807) is 13.8 Å². The number of halogens is 2. The molecular formula is C28H29F2N3O7. The molecule has 10 nitrogen and oxygen atoms in total. The maximum atomic E-state index is 15.6. The van der Waals surface area contributed by atoms with Crippen molar-refractivity contribution in [3.63, 3.8) is 0 Å². The minimum absolute atomic E-state index is 0.0300. The Morgan fingerprint density at radius 2 is 1.80 bits per heavy atom. The average Bonchev–Trinajstić information content (AvgIpc) is 2.95. The number of aromatic nitrogens is 1. The topological polar surface area (TPSA) is 130 Å². The molecule has 212 valence electrons. The van der Waals surface area contributed by atoms with E-state index in [4.69, 9.17) is 9.47 Å². The molecular weight excluding hydrogens is 528 g/mol. The fourth-order valence-electron chi connectivity index (χ4n) is 4.90. The summed E-state index contributed by atoms with van der Waals surface area (Å²) >= 11 is 0. The smallest absolute Gasteiger partial charge is 0.343 e. The molecule has 0 unspecified atom stereocenters. The standard InChI is InChI=1S/C28H29F2N3O7/c1-3-32-14-21(28(36)39-4-2)26(34)20-13-22(29)24(23(30)25(20)32)31-27(35)17-7-5-16(6-8-17)15-40-19-11-9-18(10-12-19)33(37)38/h9-14,16-17H,3-8,15H2,1-2H3,(H,31,35). The number of nitro groups is 1. The fourth-order valence-corrected chi connectivity index (χ4v) is 4.90. The largest absolute Gasteiger partial charge is 0.493 e. The summed E-state index contributed by atoms with van der Waals surface area (Å²) in [6.07, 6.45) is 3.45. The van der Waals surface area contributed by atoms with Gasteiger partial charge in [-0.05, 0) is 63.6 Å². The third-order valence-electron chi connectivity index (χ3n) is 7.09. The Morgan fingerprint density at radius 1 is 1.12 bits per heavy atom. The third-order valence-corrected chi connectivity index (χ3v) is 7.09. The van der Waals surface area contributed by atoms with Crippen molar-refractivity contribution in [3.8, 4) is 5.75 Å². The highest BCUT2D eigenvalue weighted by Crippen LogP contribution is 2.32. The molecule has 0 aliphatic heterocycles. The number of fused-ring (bicyclic) bond motifs is 1. The zero-order valence-electron chi connectivity index (χ0n) is 22.1. The van der Waals surface area contributed by atoms with Crippen LogP contribution in [0, 0.1) is 33.6 Å². The fraction of sp³-hybridized carbons (Fsp3) is 0.393. The van der Waals surface area contributed by atoms with Gasteiger partial charge in [0.2, 0.25) is 11.3 Å². The van der Waals surface area contributed by atoms with Gasteiger partial charge in [0.15, 0.2) is 11.6 Å². The first-order valence-corrected chi connectivity index (χ1v) is 13.0. The molecule has 0 saturated heterocycles. The number of nitrogens with zero attached hydrogens (tertiary/aromatic N) is 2. The van der Waals surface area contributed by atoms with Crippen LogP contribution in [0.25, 0.3) is 10.9 Å². The molecule has 4 rings (SSSR count). The van der Waals surface area contributed by atoms with Crippen LogP contribution in [0.1, 0.15) is 49.9 Å². The number of esters is 1. The zero-order chi connectivity index (χ0) is 29.0. The van der Waals surface area contributed by atoms with Crippen molar-refractivity contribution >= 4 is 34.2 Å². The maximum Gasteiger partial charge on any atom is 0.343 e. The van der Waals surface area contributed by atoms with Crippen molar-refractivity contribution in [2.24, 2.45) is 11.8 Å². The second-order valence-corrected chi connectivity index (χ2v) is 9.59. The summed E-state index contributed by atoms with van der Waals surface area (Å²) in [6, 6.07) is 6.61. The number of benzene rings is 2. The van der Waals surface area contributed by atoms with Crippen molar-refractivity contribution in [1.29, 1.82) is 0 Å². The Labute approximate surface area is 228 Å². The Kier molecular flexibility index (Phi) is 8.76. The minimum atomic E-state index is -1.12. The number of aryl methyl sites for hydroxylation is 1. The highest BCUT2D eigenvalue weighted by Gasteiger charge is 2.29. The van der Waals surface area contributed by atoms with Crippen LogP contribution >= 0.6 is 0 Å². The van der Waals surface area contributed by atoms with E-state index in [1.165, 1.54) is 35.0 Å². The van der Waals surface area contributed by atoms with Gasteiger partial charge in [0.1, 0.15) is 17.0 Å². The molecule has 1 heterocycles. The number of carbonyl (C=O) groups excluding carboxylic acids is 2. The highest BCUT2D eigenvalue weighted by atomic mass is 19.1. The summed E-state index contributed by atoms with van der Waals surface area (Å²) in [7, 11) is 0. The van der Waals surface area contributed by atoms with Crippen molar-refractivity contribution in [2.45, 2.75) is 46.1 Å². The number of nitro benzene ring substituents is 1. The van der Waals surface area contributed by atoms with E-state index >= 15 is 8.78 Å². The first-order chi connectivity index (χ1) is 19.1. The van der Waals surface area contributed by atoms with Gasteiger partial charge < -0.3 is 19.4 Å². The van der Waals surface area contributed by atoms with Gasteiger partial charge in [0.25, 0.3) is 5.69 Å². The Hall–Kier alpha value is -4.35. The van der Waals surface area contributed by atoms with Gasteiger partial charge in [0.05, 0.1) is 29.0 Å². The molecule has 1 saturated carbocycles. The van der Waals surface area contributed by atoms with Crippen LogP contribution < -0.4 is 15.5 Å². The number of anilines is 1. The highest BCUT2D eigenvalue weighted by molar-refractivity contribution is 5.98. The molecule has 0 spiro atoms. The van der Waals surface area contributed by atoms with Gasteiger partial charge in [-0.1, -0.05) is 0 Å². The second-order valence-electron chi connectivity index (χ2n) is 9.59. The van der Waals surface area contributed by atoms with E-state index in [9.17, 15) is 24.5 Å². The van der Waals surface area contributed by atoms with Crippen molar-refractivity contribution < 1.29 is 32.8 Å². The Balaban J connectivity index is 1.44. The monoisotopic (exact) mass is 557 g/mol. The number of nitrogens with one attached hydrogen (secondary N) is 1. The minimum Gasteiger partial charge on any atom is -0.493 e. The third kappa shape index (κ3) is 5.95. The summed E-state index contributed by atoms with van der Waals surface area (Å²) in [5.74, 6) is -3.44. The number of carbonyl (C=O) groups is 2. The van der Waals surface area contributed by atoms with E-state index in [0.29, 0.717) is 38.0 Å². The van der Waals surface area contributed by atoms with Crippen LogP contribution in [0.2, 0.25) is 0 Å². The molecule has 0 radical (unpaired) electrons. The van der Waals surface area contributed by atoms with E-state index in [-0.39, 0.29) is 41.2 Å². The number of pyridine rings is 1. The molecule has 1 aromatic heterocycles. The number of amides is 1. The molecule has 0 atom stereocenters. The normalized spacial score (nSPS) is 16.9. The lowest BCUT2D eigenvalue weighted by molar-refractivity contribution is -0.384. The lowest BCUT2D eigenvalue weighted by Gasteiger charge is -2.28. The van der Waals surface area contributed by atoms with E-state index < -0.39 is 45.5 Å². The number of hydrogen-bond acceptors (Lipinski definition) is 7. The predicted molar refractivity (Wildman–Crippen MR) is 142 cm³/mol. The number of non-ortho nitro benzene ring substituents is 1. The van der Waals surface area contributed by atoms with Crippen LogP contribution in [0.5, 0.6) is 5.75 Å². The predicted octanol–water partition coefficient (Wildman–Crippen LogP) is 5.21. The molecule has 3 aromatic rings. The maximum absolute atomic E-state index is 15.6. The van der Waals surface area contributed by atoms with Gasteiger partial charge in [0, 0.05) is 30.8 Å². The molecule has 40 heavy (non-hydrogen) atoms. The van der Waals surface area contributed by atoms with Crippen LogP contribution in [0.3, 0.4) is 0 Å². The molecule has 0 bridgehead atoms. The average molecular weight is 558 g/mol. The van der Waals surface area contributed by atoms with Gasteiger partial charge in [-0.3, -0.25) is 19.7 Å². The quantitative estimate of drug-likeness (QED) is 0.217. The van der Waals surface area contributed by atoms with Crippen LogP contribution in [-0.2, 0) is 16.1 Å².